The summed E-state index contributed by atoms with van der Waals surface area (Å²) < 4.78 is 10.8. The van der Waals surface area contributed by atoms with Crippen molar-refractivity contribution >= 4 is 21.8 Å². The molecule has 2 heterocycles. The number of hydrogen-bond acceptors (Lipinski definition) is 3. The first-order valence-electron chi connectivity index (χ1n) is 5.80. The molecule has 0 spiro atoms. The van der Waals surface area contributed by atoms with Crippen LogP contribution in [0, 0.1) is 5.92 Å². The van der Waals surface area contributed by atoms with Crippen molar-refractivity contribution in [3.63, 3.8) is 0 Å². The lowest BCUT2D eigenvalue weighted by atomic mass is 10.00. The standard InChI is InChI=1S/C11H18BrNO3/c1-8-10(2-4-16-8)11(14)13-3-5-15-7-9(13)6-12/h8-10H,2-7H2,1H3. The molecule has 2 aliphatic heterocycles. The van der Waals surface area contributed by atoms with Gasteiger partial charge in [-0.1, -0.05) is 15.9 Å². The van der Waals surface area contributed by atoms with Crippen molar-refractivity contribution in [2.45, 2.75) is 25.5 Å². The van der Waals surface area contributed by atoms with Gasteiger partial charge in [0.25, 0.3) is 0 Å². The first kappa shape index (κ1) is 12.3. The molecule has 0 N–H and O–H groups in total. The van der Waals surface area contributed by atoms with Crippen LogP contribution in [0.5, 0.6) is 0 Å². The van der Waals surface area contributed by atoms with Gasteiger partial charge in [-0.05, 0) is 13.3 Å². The fourth-order valence-electron chi connectivity index (χ4n) is 2.34. The predicted molar refractivity (Wildman–Crippen MR) is 63.6 cm³/mol. The van der Waals surface area contributed by atoms with E-state index in [1.807, 2.05) is 11.8 Å². The third kappa shape index (κ3) is 2.41. The molecule has 1 amide bonds. The number of rotatable bonds is 2. The van der Waals surface area contributed by atoms with E-state index in [1.54, 1.807) is 0 Å². The summed E-state index contributed by atoms with van der Waals surface area (Å²) in [5.74, 6) is 0.275. The molecule has 2 fully saturated rings. The second-order valence-corrected chi connectivity index (χ2v) is 5.03. The van der Waals surface area contributed by atoms with Crippen molar-refractivity contribution in [1.29, 1.82) is 0 Å². The Balaban J connectivity index is 2.01. The maximum atomic E-state index is 12.3. The van der Waals surface area contributed by atoms with Gasteiger partial charge in [0.2, 0.25) is 5.91 Å². The molecule has 2 rings (SSSR count). The molecular weight excluding hydrogens is 274 g/mol. The molecule has 0 bridgehead atoms. The quantitative estimate of drug-likeness (QED) is 0.714. The van der Waals surface area contributed by atoms with E-state index < -0.39 is 0 Å². The lowest BCUT2D eigenvalue weighted by molar-refractivity contribution is -0.144. The van der Waals surface area contributed by atoms with Crippen LogP contribution in [0.25, 0.3) is 0 Å². The van der Waals surface area contributed by atoms with Crippen LogP contribution in [0.3, 0.4) is 0 Å². The van der Waals surface area contributed by atoms with Crippen LogP contribution >= 0.6 is 15.9 Å². The highest BCUT2D eigenvalue weighted by molar-refractivity contribution is 9.09. The SMILES string of the molecule is CC1OCCC1C(=O)N1CCOCC1CBr. The molecule has 4 nitrogen and oxygen atoms in total. The summed E-state index contributed by atoms with van der Waals surface area (Å²) in [6, 6.07) is 0.175. The maximum Gasteiger partial charge on any atom is 0.228 e. The van der Waals surface area contributed by atoms with Gasteiger partial charge >= 0.3 is 0 Å². The van der Waals surface area contributed by atoms with E-state index in [4.69, 9.17) is 9.47 Å². The molecule has 3 atom stereocenters. The second-order valence-electron chi connectivity index (χ2n) is 4.39. The van der Waals surface area contributed by atoms with E-state index in [0.717, 1.165) is 11.8 Å². The van der Waals surface area contributed by atoms with E-state index in [1.165, 1.54) is 0 Å². The molecule has 2 saturated heterocycles. The van der Waals surface area contributed by atoms with Crippen LogP contribution in [-0.2, 0) is 14.3 Å². The van der Waals surface area contributed by atoms with Crippen molar-refractivity contribution in [1.82, 2.24) is 4.90 Å². The number of hydrogen-bond donors (Lipinski definition) is 0. The van der Waals surface area contributed by atoms with Crippen molar-refractivity contribution < 1.29 is 14.3 Å². The average Bonchev–Trinajstić information content (AvgIpc) is 2.74. The van der Waals surface area contributed by atoms with Crippen molar-refractivity contribution in [3.8, 4) is 0 Å². The van der Waals surface area contributed by atoms with Gasteiger partial charge in [-0.2, -0.15) is 0 Å². The molecule has 0 radical (unpaired) electrons. The summed E-state index contributed by atoms with van der Waals surface area (Å²) in [4.78, 5) is 14.3. The number of carbonyl (C=O) groups excluding carboxylic acids is 1. The van der Waals surface area contributed by atoms with Crippen LogP contribution in [0.4, 0.5) is 0 Å². The molecule has 5 heteroatoms. The van der Waals surface area contributed by atoms with E-state index in [9.17, 15) is 4.79 Å². The number of morpholine rings is 1. The van der Waals surface area contributed by atoms with Gasteiger partial charge in [-0.3, -0.25) is 4.79 Å². The smallest absolute Gasteiger partial charge is 0.228 e. The Hall–Kier alpha value is -0.130. The van der Waals surface area contributed by atoms with E-state index >= 15 is 0 Å². The summed E-state index contributed by atoms with van der Waals surface area (Å²) in [6.07, 6.45) is 0.915. The average molecular weight is 292 g/mol. The largest absolute Gasteiger partial charge is 0.378 e. The number of alkyl halides is 1. The lowest BCUT2D eigenvalue weighted by Gasteiger charge is -2.36. The van der Waals surface area contributed by atoms with Crippen LogP contribution in [-0.4, -0.2) is 54.6 Å². The highest BCUT2D eigenvalue weighted by atomic mass is 79.9. The van der Waals surface area contributed by atoms with Crippen molar-refractivity contribution in [2.24, 2.45) is 5.92 Å². The number of carbonyl (C=O) groups is 1. The topological polar surface area (TPSA) is 38.8 Å². The summed E-state index contributed by atoms with van der Waals surface area (Å²) in [5.41, 5.74) is 0. The third-order valence-corrected chi connectivity index (χ3v) is 4.13. The van der Waals surface area contributed by atoms with Gasteiger partial charge < -0.3 is 14.4 Å². The number of halogens is 1. The monoisotopic (exact) mass is 291 g/mol. The van der Waals surface area contributed by atoms with E-state index in [2.05, 4.69) is 15.9 Å². The number of ether oxygens (including phenoxy) is 2. The first-order chi connectivity index (χ1) is 7.74. The van der Waals surface area contributed by atoms with Gasteiger partial charge in [0.05, 0.1) is 31.3 Å². The minimum Gasteiger partial charge on any atom is -0.378 e. The fraction of sp³-hybridized carbons (Fsp3) is 0.909. The van der Waals surface area contributed by atoms with Gasteiger partial charge in [-0.15, -0.1) is 0 Å². The highest BCUT2D eigenvalue weighted by Gasteiger charge is 2.37. The van der Waals surface area contributed by atoms with Gasteiger partial charge in [0.1, 0.15) is 0 Å². The van der Waals surface area contributed by atoms with Crippen LogP contribution in [0.1, 0.15) is 13.3 Å². The van der Waals surface area contributed by atoms with Crippen molar-refractivity contribution in [2.75, 3.05) is 31.7 Å². The molecule has 0 saturated carbocycles. The molecule has 92 valence electrons. The lowest BCUT2D eigenvalue weighted by Crippen LogP contribution is -2.52. The van der Waals surface area contributed by atoms with Crippen molar-refractivity contribution in [3.05, 3.63) is 0 Å². The van der Waals surface area contributed by atoms with Crippen LogP contribution < -0.4 is 0 Å². The predicted octanol–water partition coefficient (Wildman–Crippen LogP) is 1.03. The van der Waals surface area contributed by atoms with Crippen LogP contribution in [0.15, 0.2) is 0 Å². The normalized spacial score (nSPS) is 35.4. The molecule has 0 aromatic heterocycles. The Morgan fingerprint density at radius 1 is 1.50 bits per heavy atom. The summed E-state index contributed by atoms with van der Waals surface area (Å²) in [5, 5.41) is 0.778. The Bertz CT molecular complexity index is 262. The first-order valence-corrected chi connectivity index (χ1v) is 6.92. The minimum atomic E-state index is 0.0413. The Morgan fingerprint density at radius 2 is 2.31 bits per heavy atom. The third-order valence-electron chi connectivity index (χ3n) is 3.38. The molecule has 0 aromatic carbocycles. The number of nitrogens with zero attached hydrogens (tertiary/aromatic N) is 1. The summed E-state index contributed by atoms with van der Waals surface area (Å²) >= 11 is 3.44. The second kappa shape index (κ2) is 5.47. The van der Waals surface area contributed by atoms with Gasteiger partial charge in [0.15, 0.2) is 0 Å². The zero-order valence-electron chi connectivity index (χ0n) is 9.52. The Morgan fingerprint density at radius 3 is 2.94 bits per heavy atom. The Labute approximate surface area is 104 Å². The molecule has 0 aliphatic carbocycles. The van der Waals surface area contributed by atoms with E-state index in [0.29, 0.717) is 26.4 Å². The van der Waals surface area contributed by atoms with Gasteiger partial charge in [-0.25, -0.2) is 0 Å². The number of amides is 1. The van der Waals surface area contributed by atoms with E-state index in [-0.39, 0.29) is 24.0 Å². The molecule has 0 aromatic rings. The highest BCUT2D eigenvalue weighted by Crippen LogP contribution is 2.24. The maximum absolute atomic E-state index is 12.3. The fourth-order valence-corrected chi connectivity index (χ4v) is 2.88. The summed E-state index contributed by atoms with van der Waals surface area (Å²) in [7, 11) is 0. The molecule has 16 heavy (non-hydrogen) atoms. The summed E-state index contributed by atoms with van der Waals surface area (Å²) in [6.45, 7) is 4.69. The Kier molecular flexibility index (Phi) is 4.21. The molecule has 3 unspecified atom stereocenters. The molecular formula is C11H18BrNO3. The minimum absolute atomic E-state index is 0.0413. The molecule has 2 aliphatic rings. The van der Waals surface area contributed by atoms with Gasteiger partial charge in [0, 0.05) is 18.5 Å². The van der Waals surface area contributed by atoms with Crippen LogP contribution in [0.2, 0.25) is 0 Å². The zero-order valence-corrected chi connectivity index (χ0v) is 11.1. The zero-order chi connectivity index (χ0) is 11.5.